The first-order valence-electron chi connectivity index (χ1n) is 5.37. The zero-order valence-corrected chi connectivity index (χ0v) is 9.84. The van der Waals surface area contributed by atoms with Crippen LogP contribution < -0.4 is 0 Å². The van der Waals surface area contributed by atoms with Crippen LogP contribution in [0.25, 0.3) is 0 Å². The molecule has 0 aromatic heterocycles. The monoisotopic (exact) mass is 225 g/mol. The van der Waals surface area contributed by atoms with Gasteiger partial charge < -0.3 is 4.74 Å². The van der Waals surface area contributed by atoms with Crippen molar-refractivity contribution in [2.45, 2.75) is 20.3 Å². The maximum Gasteiger partial charge on any atom is 0.410 e. The van der Waals surface area contributed by atoms with Crippen molar-refractivity contribution in [1.82, 2.24) is 4.90 Å². The van der Waals surface area contributed by atoms with E-state index in [4.69, 9.17) is 0 Å². The van der Waals surface area contributed by atoms with Crippen LogP contribution in [0.15, 0.2) is 23.0 Å². The minimum Gasteiger partial charge on any atom is -0.453 e. The van der Waals surface area contributed by atoms with Crippen LogP contribution in [0, 0.1) is 5.41 Å². The third-order valence-corrected chi connectivity index (χ3v) is 3.39. The van der Waals surface area contributed by atoms with Crippen LogP contribution in [-0.4, -0.2) is 31.2 Å². The minimum atomic E-state index is -0.391. The average molecular weight is 225 g/mol. The van der Waals surface area contributed by atoms with Crippen molar-refractivity contribution < 1.29 is 13.9 Å². The molecule has 1 aliphatic carbocycles. The Hall–Kier alpha value is -1.32. The van der Waals surface area contributed by atoms with Gasteiger partial charge in [-0.1, -0.05) is 13.8 Å². The molecule has 0 N–H and O–H groups in total. The normalized spacial score (nSPS) is 23.0. The highest BCUT2D eigenvalue weighted by Crippen LogP contribution is 2.43. The van der Waals surface area contributed by atoms with Crippen molar-refractivity contribution in [3.8, 4) is 0 Å². The van der Waals surface area contributed by atoms with E-state index in [0.29, 0.717) is 25.1 Å². The number of methoxy groups -OCH3 is 1. The minimum absolute atomic E-state index is 0.0618. The number of hydrogen-bond donors (Lipinski definition) is 0. The molecule has 0 aromatic carbocycles. The molecule has 1 heterocycles. The molecule has 2 rings (SSSR count). The Balaban J connectivity index is 2.27. The van der Waals surface area contributed by atoms with Gasteiger partial charge in [-0.2, -0.15) is 0 Å². The first-order chi connectivity index (χ1) is 7.45. The van der Waals surface area contributed by atoms with E-state index >= 15 is 0 Å². The second kappa shape index (κ2) is 3.61. The molecule has 2 aliphatic rings. The fourth-order valence-electron chi connectivity index (χ4n) is 2.32. The fourth-order valence-corrected chi connectivity index (χ4v) is 2.32. The second-order valence-electron chi connectivity index (χ2n) is 4.92. The highest BCUT2D eigenvalue weighted by atomic mass is 19.1. The Morgan fingerprint density at radius 2 is 2.19 bits per heavy atom. The number of rotatable bonds is 0. The van der Waals surface area contributed by atoms with Crippen LogP contribution in [0.3, 0.4) is 0 Å². The third kappa shape index (κ3) is 1.62. The molecule has 88 valence electrons. The lowest BCUT2D eigenvalue weighted by molar-refractivity contribution is 0.133. The van der Waals surface area contributed by atoms with E-state index in [1.54, 1.807) is 6.08 Å². The highest BCUT2D eigenvalue weighted by Gasteiger charge is 2.38. The van der Waals surface area contributed by atoms with Gasteiger partial charge in [0, 0.05) is 12.1 Å². The Kier molecular flexibility index (Phi) is 2.52. The largest absolute Gasteiger partial charge is 0.453 e. The summed E-state index contributed by atoms with van der Waals surface area (Å²) in [7, 11) is 1.34. The molecular weight excluding hydrogens is 209 g/mol. The van der Waals surface area contributed by atoms with E-state index in [-0.39, 0.29) is 11.2 Å². The number of carbonyl (C=O) groups excluding carboxylic acids is 1. The molecule has 1 aliphatic heterocycles. The summed E-state index contributed by atoms with van der Waals surface area (Å²) in [6.45, 7) is 4.96. The van der Waals surface area contributed by atoms with E-state index in [2.05, 4.69) is 18.6 Å². The SMILES string of the molecule is COC(=O)N1CC2=C(C1)C(C)(C)CC=C2F. The highest BCUT2D eigenvalue weighted by molar-refractivity contribution is 5.70. The Labute approximate surface area is 94.6 Å². The molecule has 16 heavy (non-hydrogen) atoms. The number of hydrogen-bond acceptors (Lipinski definition) is 2. The van der Waals surface area contributed by atoms with Gasteiger partial charge in [0.25, 0.3) is 0 Å². The quantitative estimate of drug-likeness (QED) is 0.634. The van der Waals surface area contributed by atoms with Gasteiger partial charge in [-0.15, -0.1) is 0 Å². The van der Waals surface area contributed by atoms with Gasteiger partial charge in [-0.25, -0.2) is 9.18 Å². The summed E-state index contributed by atoms with van der Waals surface area (Å²) in [5.74, 6) is -0.180. The van der Waals surface area contributed by atoms with Gasteiger partial charge in [-0.3, -0.25) is 4.90 Å². The van der Waals surface area contributed by atoms with Crippen molar-refractivity contribution in [2.24, 2.45) is 5.41 Å². The number of carbonyl (C=O) groups is 1. The molecule has 0 saturated carbocycles. The smallest absolute Gasteiger partial charge is 0.410 e. The maximum absolute atomic E-state index is 13.6. The van der Waals surface area contributed by atoms with Gasteiger partial charge in [0.1, 0.15) is 5.83 Å². The van der Waals surface area contributed by atoms with Crippen LogP contribution in [-0.2, 0) is 4.74 Å². The molecule has 4 heteroatoms. The van der Waals surface area contributed by atoms with Crippen molar-refractivity contribution in [3.05, 3.63) is 23.0 Å². The van der Waals surface area contributed by atoms with E-state index in [0.717, 1.165) is 5.57 Å². The van der Waals surface area contributed by atoms with Crippen LogP contribution in [0.5, 0.6) is 0 Å². The van der Waals surface area contributed by atoms with Crippen molar-refractivity contribution in [2.75, 3.05) is 20.2 Å². The van der Waals surface area contributed by atoms with E-state index in [1.165, 1.54) is 12.0 Å². The molecule has 0 fully saturated rings. The zero-order valence-electron chi connectivity index (χ0n) is 9.84. The molecule has 0 atom stereocenters. The van der Waals surface area contributed by atoms with Crippen LogP contribution in [0.4, 0.5) is 9.18 Å². The van der Waals surface area contributed by atoms with Crippen molar-refractivity contribution >= 4 is 6.09 Å². The van der Waals surface area contributed by atoms with Gasteiger partial charge in [0.2, 0.25) is 0 Å². The molecule has 0 aromatic rings. The standard InChI is InChI=1S/C12H16FNO2/c1-12(2)5-4-10(13)8-6-14(7-9(8)12)11(15)16-3/h4H,5-7H2,1-3H3. The summed E-state index contributed by atoms with van der Waals surface area (Å²) in [5.41, 5.74) is 1.63. The molecule has 0 spiro atoms. The Morgan fingerprint density at radius 1 is 1.50 bits per heavy atom. The summed E-state index contributed by atoms with van der Waals surface area (Å²) < 4.78 is 18.3. The Bertz CT molecular complexity index is 396. The summed E-state index contributed by atoms with van der Waals surface area (Å²) in [6, 6.07) is 0. The summed E-state index contributed by atoms with van der Waals surface area (Å²) in [5, 5.41) is 0. The third-order valence-electron chi connectivity index (χ3n) is 3.39. The fraction of sp³-hybridized carbons (Fsp3) is 0.583. The number of nitrogens with zero attached hydrogens (tertiary/aromatic N) is 1. The molecular formula is C12H16FNO2. The molecule has 0 bridgehead atoms. The van der Waals surface area contributed by atoms with Crippen LogP contribution in [0.1, 0.15) is 20.3 Å². The molecule has 0 radical (unpaired) electrons. The predicted molar refractivity (Wildman–Crippen MR) is 58.6 cm³/mol. The number of allylic oxidation sites excluding steroid dienone is 1. The number of halogens is 1. The summed E-state index contributed by atoms with van der Waals surface area (Å²) in [6.07, 6.45) is 1.91. The van der Waals surface area contributed by atoms with Crippen molar-refractivity contribution in [3.63, 3.8) is 0 Å². The van der Waals surface area contributed by atoms with E-state index in [1.807, 2.05) is 0 Å². The van der Waals surface area contributed by atoms with E-state index < -0.39 is 6.09 Å². The molecule has 1 amide bonds. The molecule has 3 nitrogen and oxygen atoms in total. The zero-order chi connectivity index (χ0) is 11.9. The number of amides is 1. The molecule has 0 unspecified atom stereocenters. The summed E-state index contributed by atoms with van der Waals surface area (Å²) in [4.78, 5) is 12.9. The van der Waals surface area contributed by atoms with E-state index in [9.17, 15) is 9.18 Å². The number of ether oxygens (including phenoxy) is 1. The maximum atomic E-state index is 13.6. The van der Waals surface area contributed by atoms with Gasteiger partial charge in [0.05, 0.1) is 13.7 Å². The van der Waals surface area contributed by atoms with Crippen LogP contribution in [0.2, 0.25) is 0 Å². The lowest BCUT2D eigenvalue weighted by atomic mass is 9.76. The van der Waals surface area contributed by atoms with Crippen molar-refractivity contribution in [1.29, 1.82) is 0 Å². The predicted octanol–water partition coefficient (Wildman–Crippen LogP) is 2.65. The Morgan fingerprint density at radius 3 is 2.75 bits per heavy atom. The van der Waals surface area contributed by atoms with Gasteiger partial charge >= 0.3 is 6.09 Å². The average Bonchev–Trinajstić information content (AvgIpc) is 2.69. The van der Waals surface area contributed by atoms with Gasteiger partial charge in [0.15, 0.2) is 0 Å². The summed E-state index contributed by atoms with van der Waals surface area (Å²) >= 11 is 0. The van der Waals surface area contributed by atoms with Crippen LogP contribution >= 0.6 is 0 Å². The first-order valence-corrected chi connectivity index (χ1v) is 5.37. The first kappa shape index (κ1) is 11.2. The molecule has 0 saturated heterocycles. The topological polar surface area (TPSA) is 29.5 Å². The second-order valence-corrected chi connectivity index (χ2v) is 4.92. The van der Waals surface area contributed by atoms with Gasteiger partial charge in [-0.05, 0) is 23.5 Å². The lowest BCUT2D eigenvalue weighted by Gasteiger charge is -2.29. The lowest BCUT2D eigenvalue weighted by Crippen LogP contribution is -2.30.